The lowest BCUT2D eigenvalue weighted by Gasteiger charge is -2.30. The van der Waals surface area contributed by atoms with Gasteiger partial charge in [0.2, 0.25) is 5.91 Å². The van der Waals surface area contributed by atoms with E-state index in [4.69, 9.17) is 9.05 Å². The Morgan fingerprint density at radius 3 is 1.39 bits per heavy atom. The fourth-order valence-corrected chi connectivity index (χ4v) is 8.32. The van der Waals surface area contributed by atoms with Crippen molar-refractivity contribution in [3.63, 3.8) is 0 Å². The lowest BCUT2D eigenvalue weighted by atomic mass is 10.0. The fourth-order valence-electron chi connectivity index (χ4n) is 7.60. The third kappa shape index (κ3) is 48.1. The van der Waals surface area contributed by atoms with Gasteiger partial charge in [0.15, 0.2) is 0 Å². The number of rotatable bonds is 48. The Bertz CT molecular complexity index is 1230. The van der Waals surface area contributed by atoms with Crippen molar-refractivity contribution in [2.24, 2.45) is 0 Å². The number of phosphoric ester groups is 1. The summed E-state index contributed by atoms with van der Waals surface area (Å²) in [5, 5.41) is 14.0. The van der Waals surface area contributed by atoms with Crippen molar-refractivity contribution >= 4 is 13.7 Å². The van der Waals surface area contributed by atoms with Crippen molar-refractivity contribution in [3.8, 4) is 0 Å². The Labute approximate surface area is 396 Å². The largest absolute Gasteiger partial charge is 0.756 e. The maximum Gasteiger partial charge on any atom is 0.268 e. The molecule has 0 aliphatic heterocycles. The number of hydrogen-bond donors (Lipinski definition) is 2. The van der Waals surface area contributed by atoms with Crippen molar-refractivity contribution < 1.29 is 32.9 Å². The van der Waals surface area contributed by atoms with Crippen LogP contribution < -0.4 is 10.2 Å². The van der Waals surface area contributed by atoms with Gasteiger partial charge in [-0.2, -0.15) is 0 Å². The summed E-state index contributed by atoms with van der Waals surface area (Å²) in [4.78, 5) is 25.5. The Morgan fingerprint density at radius 1 is 0.562 bits per heavy atom. The van der Waals surface area contributed by atoms with E-state index in [1.165, 1.54) is 128 Å². The zero-order valence-electron chi connectivity index (χ0n) is 42.5. The van der Waals surface area contributed by atoms with Gasteiger partial charge in [-0.3, -0.25) is 9.36 Å². The Morgan fingerprint density at radius 2 is 0.953 bits per heavy atom. The number of nitrogens with zero attached hydrogens (tertiary/aromatic N) is 1. The van der Waals surface area contributed by atoms with Crippen LogP contribution in [0.3, 0.4) is 0 Å². The number of aliphatic hydroxyl groups is 1. The molecule has 2 N–H and O–H groups in total. The molecule has 0 radical (unpaired) electrons. The third-order valence-corrected chi connectivity index (χ3v) is 12.7. The number of amides is 1. The molecule has 8 nitrogen and oxygen atoms in total. The average molecular weight is 919 g/mol. The van der Waals surface area contributed by atoms with Crippen molar-refractivity contribution in [1.29, 1.82) is 0 Å². The summed E-state index contributed by atoms with van der Waals surface area (Å²) >= 11 is 0. The van der Waals surface area contributed by atoms with Gasteiger partial charge in [-0.1, -0.05) is 229 Å². The van der Waals surface area contributed by atoms with E-state index in [0.29, 0.717) is 23.9 Å². The number of nitrogens with one attached hydrogen (secondary N) is 1. The van der Waals surface area contributed by atoms with Crippen LogP contribution >= 0.6 is 7.82 Å². The highest BCUT2D eigenvalue weighted by Gasteiger charge is 2.24. The summed E-state index contributed by atoms with van der Waals surface area (Å²) in [6, 6.07) is -0.807. The lowest BCUT2D eigenvalue weighted by Crippen LogP contribution is -2.46. The standard InChI is InChI=1S/C55H103N2O6P/c1-6-8-10-12-14-16-18-20-22-24-25-26-27-28-29-30-31-33-35-37-39-41-43-45-47-49-55(59)56-53(52-63-64(60,61)62-51-50-57(3,4)5)54(58)48-46-44-42-40-38-36-34-32-23-21-19-17-15-13-11-9-7-2/h8,10,14,16,20,22,25-26,28-29,53-54,58H,6-7,9,11-13,15,17-19,21,23-24,27,30-52H2,1-5H3,(H-,56,59,60,61)/b10-8-,16-14-,22-20-,26-25-,29-28-. The molecular weight excluding hydrogens is 816 g/mol. The predicted molar refractivity (Wildman–Crippen MR) is 274 cm³/mol. The Hall–Kier alpha value is -1.80. The number of unbranched alkanes of at least 4 members (excludes halogenated alkanes) is 25. The molecule has 0 saturated heterocycles. The number of phosphoric acid groups is 1. The quantitative estimate of drug-likeness (QED) is 0.0272. The maximum atomic E-state index is 13.0. The van der Waals surface area contributed by atoms with E-state index in [1.807, 2.05) is 21.1 Å². The normalized spacial score (nSPS) is 14.5. The van der Waals surface area contributed by atoms with Gasteiger partial charge in [-0.25, -0.2) is 0 Å². The number of allylic oxidation sites excluding steroid dienone is 10. The summed E-state index contributed by atoms with van der Waals surface area (Å²) in [5.41, 5.74) is 0. The Kier molecular flexibility index (Phi) is 45.0. The van der Waals surface area contributed by atoms with Crippen molar-refractivity contribution in [2.45, 2.75) is 244 Å². The topological polar surface area (TPSA) is 108 Å². The minimum Gasteiger partial charge on any atom is -0.756 e. The Balaban J connectivity index is 4.24. The fraction of sp³-hybridized carbons (Fsp3) is 0.800. The summed E-state index contributed by atoms with van der Waals surface area (Å²) in [6.45, 7) is 4.61. The lowest BCUT2D eigenvalue weighted by molar-refractivity contribution is -0.870. The summed E-state index contributed by atoms with van der Waals surface area (Å²) in [5.74, 6) is -0.172. The summed E-state index contributed by atoms with van der Waals surface area (Å²) < 4.78 is 23.4. The van der Waals surface area contributed by atoms with Gasteiger partial charge < -0.3 is 28.8 Å². The molecule has 9 heteroatoms. The van der Waals surface area contributed by atoms with Gasteiger partial charge in [0.1, 0.15) is 13.2 Å². The smallest absolute Gasteiger partial charge is 0.268 e. The van der Waals surface area contributed by atoms with Crippen LogP contribution in [0.2, 0.25) is 0 Å². The first-order valence-electron chi connectivity index (χ1n) is 26.6. The highest BCUT2D eigenvalue weighted by atomic mass is 31.2. The van der Waals surface area contributed by atoms with E-state index >= 15 is 0 Å². The average Bonchev–Trinajstić information content (AvgIpc) is 3.25. The second kappa shape index (κ2) is 46.3. The van der Waals surface area contributed by atoms with Crippen molar-refractivity contribution in [1.82, 2.24) is 5.32 Å². The van der Waals surface area contributed by atoms with Gasteiger partial charge in [0, 0.05) is 6.42 Å². The number of hydrogen-bond acceptors (Lipinski definition) is 6. The van der Waals surface area contributed by atoms with E-state index in [9.17, 15) is 19.4 Å². The molecule has 0 aliphatic rings. The molecule has 3 atom stereocenters. The predicted octanol–water partition coefficient (Wildman–Crippen LogP) is 15.1. The van der Waals surface area contributed by atoms with Crippen LogP contribution in [0.5, 0.6) is 0 Å². The first-order valence-corrected chi connectivity index (χ1v) is 28.1. The van der Waals surface area contributed by atoms with E-state index in [1.54, 1.807) is 0 Å². The molecule has 0 saturated carbocycles. The molecule has 0 aromatic heterocycles. The summed E-state index contributed by atoms with van der Waals surface area (Å²) in [7, 11) is 1.30. The molecule has 0 rings (SSSR count). The minimum atomic E-state index is -4.57. The second-order valence-corrected chi connectivity index (χ2v) is 20.6. The van der Waals surface area contributed by atoms with E-state index in [0.717, 1.165) is 77.0 Å². The number of carbonyl (C=O) groups is 1. The molecule has 64 heavy (non-hydrogen) atoms. The van der Waals surface area contributed by atoms with Gasteiger partial charge in [0.25, 0.3) is 7.82 Å². The van der Waals surface area contributed by atoms with Gasteiger partial charge in [0.05, 0.1) is 39.9 Å². The van der Waals surface area contributed by atoms with Crippen molar-refractivity contribution in [2.75, 3.05) is 40.9 Å². The number of aliphatic hydroxyl groups excluding tert-OH is 1. The molecule has 0 heterocycles. The van der Waals surface area contributed by atoms with Crippen LogP contribution in [0.25, 0.3) is 0 Å². The molecular formula is C55H103N2O6P. The van der Waals surface area contributed by atoms with Gasteiger partial charge in [-0.15, -0.1) is 0 Å². The van der Waals surface area contributed by atoms with Crippen LogP contribution in [0.4, 0.5) is 0 Å². The van der Waals surface area contributed by atoms with Crippen LogP contribution in [0, 0.1) is 0 Å². The maximum absolute atomic E-state index is 13.0. The van der Waals surface area contributed by atoms with Crippen LogP contribution in [0.15, 0.2) is 60.8 Å². The molecule has 0 aromatic carbocycles. The molecule has 0 spiro atoms. The molecule has 374 valence electrons. The first-order chi connectivity index (χ1) is 31.0. The number of carbonyl (C=O) groups excluding carboxylic acids is 1. The summed E-state index contributed by atoms with van der Waals surface area (Å²) in [6.07, 6.45) is 60.9. The first kappa shape index (κ1) is 62.2. The van der Waals surface area contributed by atoms with Crippen LogP contribution in [-0.2, 0) is 18.4 Å². The van der Waals surface area contributed by atoms with E-state index in [-0.39, 0.29) is 19.1 Å². The highest BCUT2D eigenvalue weighted by molar-refractivity contribution is 7.45. The van der Waals surface area contributed by atoms with Gasteiger partial charge >= 0.3 is 0 Å². The zero-order chi connectivity index (χ0) is 47.1. The number of likely N-dealkylation sites (N-methyl/N-ethyl adjacent to an activating group) is 1. The monoisotopic (exact) mass is 919 g/mol. The van der Waals surface area contributed by atoms with E-state index in [2.05, 4.69) is 79.9 Å². The van der Waals surface area contributed by atoms with Crippen LogP contribution in [0.1, 0.15) is 232 Å². The second-order valence-electron chi connectivity index (χ2n) is 19.2. The van der Waals surface area contributed by atoms with E-state index < -0.39 is 20.0 Å². The molecule has 0 aromatic rings. The molecule has 1 amide bonds. The SMILES string of the molecule is CC/C=C\C/C=C\C/C=C\C/C=C\C/C=C\CCCCCCCCCCCC(=O)NC(COP(=O)([O-])OCC[N+](C)(C)C)C(O)CCCCCCCCCCCCCCCCCCC. The highest BCUT2D eigenvalue weighted by Crippen LogP contribution is 2.38. The molecule has 0 aliphatic carbocycles. The molecule has 3 unspecified atom stereocenters. The minimum absolute atomic E-state index is 0.00885. The third-order valence-electron chi connectivity index (χ3n) is 11.8. The van der Waals surface area contributed by atoms with Crippen LogP contribution in [-0.4, -0.2) is 68.5 Å². The van der Waals surface area contributed by atoms with Crippen molar-refractivity contribution in [3.05, 3.63) is 60.8 Å². The number of quaternary nitrogens is 1. The van der Waals surface area contributed by atoms with Gasteiger partial charge in [-0.05, 0) is 57.8 Å². The molecule has 0 bridgehead atoms. The molecule has 0 fully saturated rings. The zero-order valence-corrected chi connectivity index (χ0v) is 43.4.